The number of ether oxygens (including phenoxy) is 1. The third-order valence-electron chi connectivity index (χ3n) is 6.57. The predicted octanol–water partition coefficient (Wildman–Crippen LogP) is 6.74. The molecular weight excluding hydrogens is 546 g/mol. The normalized spacial score (nSPS) is 11.9. The van der Waals surface area contributed by atoms with Gasteiger partial charge >= 0.3 is 11.9 Å². The van der Waals surface area contributed by atoms with E-state index >= 15 is 0 Å². The van der Waals surface area contributed by atoms with Gasteiger partial charge in [0, 0.05) is 16.8 Å². The summed E-state index contributed by atoms with van der Waals surface area (Å²) in [6.45, 7) is -0.0288. The lowest BCUT2D eigenvalue weighted by Crippen LogP contribution is -2.43. The zero-order valence-corrected chi connectivity index (χ0v) is 22.7. The molecule has 5 aromatic rings. The summed E-state index contributed by atoms with van der Waals surface area (Å²) in [5.41, 5.74) is 3.59. The zero-order chi connectivity index (χ0) is 28.9. The summed E-state index contributed by atoms with van der Waals surface area (Å²) >= 11 is 6.01. The summed E-state index contributed by atoms with van der Waals surface area (Å²) in [6.07, 6.45) is 0.0114. The van der Waals surface area contributed by atoms with Crippen molar-refractivity contribution in [3.63, 3.8) is 0 Å². The van der Waals surface area contributed by atoms with Crippen molar-refractivity contribution >= 4 is 34.5 Å². The van der Waals surface area contributed by atoms with Crippen molar-refractivity contribution in [2.75, 3.05) is 7.11 Å². The maximum atomic E-state index is 13.3. The molecular formula is C32H26ClNO7. The number of hydroxylamine groups is 2. The van der Waals surface area contributed by atoms with Gasteiger partial charge in [0.15, 0.2) is 0 Å². The number of carbonyl (C=O) groups is 2. The minimum atomic E-state index is -1.24. The highest BCUT2D eigenvalue weighted by Crippen LogP contribution is 2.28. The van der Waals surface area contributed by atoms with Crippen LogP contribution in [0.5, 0.6) is 11.5 Å². The van der Waals surface area contributed by atoms with E-state index in [0.717, 1.165) is 16.2 Å². The van der Waals surface area contributed by atoms with E-state index in [1.807, 2.05) is 30.3 Å². The Morgan fingerprint density at radius 2 is 1.63 bits per heavy atom. The standard InChI is InChI=1S/C32H26ClNO7/c1-39-27-4-2-3-21(15-27)19-34(28(31(36)37)16-20-5-13-26(35)14-6-20)41-32(38)30-18-24-8-7-23(17-29(24)40-30)22-9-11-25(33)12-10-22/h2-15,17-18,28,35H,16,19H2,1H3,(H,36,37)/t28-/m0/s1. The average Bonchev–Trinajstić information content (AvgIpc) is 3.41. The summed E-state index contributed by atoms with van der Waals surface area (Å²) in [4.78, 5) is 31.5. The van der Waals surface area contributed by atoms with E-state index in [0.29, 0.717) is 32.9 Å². The first kappa shape index (κ1) is 27.8. The Kier molecular flexibility index (Phi) is 8.24. The smallest absolute Gasteiger partial charge is 0.393 e. The van der Waals surface area contributed by atoms with Crippen molar-refractivity contribution in [2.24, 2.45) is 0 Å². The van der Waals surface area contributed by atoms with Gasteiger partial charge in [-0.25, -0.2) is 4.79 Å². The molecule has 0 fully saturated rings. The molecule has 0 saturated carbocycles. The molecule has 0 saturated heterocycles. The number of aliphatic carboxylic acids is 1. The summed E-state index contributed by atoms with van der Waals surface area (Å²) in [5.74, 6) is -1.46. The molecule has 2 N–H and O–H groups in total. The van der Waals surface area contributed by atoms with Crippen LogP contribution in [0.25, 0.3) is 22.1 Å². The molecule has 0 amide bonds. The molecule has 208 valence electrons. The van der Waals surface area contributed by atoms with E-state index < -0.39 is 18.0 Å². The number of aromatic hydroxyl groups is 1. The lowest BCUT2D eigenvalue weighted by molar-refractivity contribution is -0.175. The molecule has 0 aliphatic heterocycles. The average molecular weight is 572 g/mol. The number of rotatable bonds is 10. The second-order valence-electron chi connectivity index (χ2n) is 9.40. The molecule has 0 aliphatic carbocycles. The molecule has 0 unspecified atom stereocenters. The number of benzene rings is 4. The summed E-state index contributed by atoms with van der Waals surface area (Å²) in [7, 11) is 1.53. The Labute approximate surface area is 240 Å². The number of carboxylic acid groups (broad SMARTS) is 1. The monoisotopic (exact) mass is 571 g/mol. The molecule has 41 heavy (non-hydrogen) atoms. The van der Waals surface area contributed by atoms with Crippen molar-refractivity contribution in [3.05, 3.63) is 119 Å². The Morgan fingerprint density at radius 3 is 2.34 bits per heavy atom. The minimum absolute atomic E-state index is 0.0114. The number of halogens is 1. The molecule has 1 aromatic heterocycles. The van der Waals surface area contributed by atoms with Crippen molar-refractivity contribution in [3.8, 4) is 22.6 Å². The largest absolute Gasteiger partial charge is 0.508 e. The van der Waals surface area contributed by atoms with E-state index in [1.165, 1.54) is 19.2 Å². The van der Waals surface area contributed by atoms with Gasteiger partial charge in [0.25, 0.3) is 0 Å². The number of hydrogen-bond donors (Lipinski definition) is 2. The Balaban J connectivity index is 1.43. The first-order valence-electron chi connectivity index (χ1n) is 12.7. The molecule has 0 spiro atoms. The lowest BCUT2D eigenvalue weighted by Gasteiger charge is -2.27. The third-order valence-corrected chi connectivity index (χ3v) is 6.82. The van der Waals surface area contributed by atoms with Crippen LogP contribution in [-0.2, 0) is 22.6 Å². The van der Waals surface area contributed by atoms with Gasteiger partial charge < -0.3 is 24.2 Å². The number of phenols is 1. The fourth-order valence-corrected chi connectivity index (χ4v) is 4.56. The molecule has 1 heterocycles. The first-order chi connectivity index (χ1) is 19.8. The fourth-order valence-electron chi connectivity index (χ4n) is 4.43. The third kappa shape index (κ3) is 6.69. The predicted molar refractivity (Wildman–Crippen MR) is 154 cm³/mol. The Hall–Kier alpha value is -4.79. The summed E-state index contributed by atoms with van der Waals surface area (Å²) in [6, 6.07) is 26.5. The van der Waals surface area contributed by atoms with Crippen LogP contribution in [0.2, 0.25) is 5.02 Å². The van der Waals surface area contributed by atoms with Crippen LogP contribution >= 0.6 is 11.6 Å². The Morgan fingerprint density at radius 1 is 0.902 bits per heavy atom. The van der Waals surface area contributed by atoms with Crippen LogP contribution in [0, 0.1) is 0 Å². The van der Waals surface area contributed by atoms with Gasteiger partial charge in [-0.3, -0.25) is 4.79 Å². The van der Waals surface area contributed by atoms with Crippen molar-refractivity contribution < 1.29 is 33.8 Å². The topological polar surface area (TPSA) is 109 Å². The molecule has 0 aliphatic rings. The number of fused-ring (bicyclic) bond motifs is 1. The van der Waals surface area contributed by atoms with Gasteiger partial charge in [0.1, 0.15) is 23.1 Å². The van der Waals surface area contributed by atoms with E-state index in [2.05, 4.69) is 0 Å². The van der Waals surface area contributed by atoms with Crippen molar-refractivity contribution in [1.82, 2.24) is 5.06 Å². The number of carbonyl (C=O) groups excluding carboxylic acids is 1. The summed E-state index contributed by atoms with van der Waals surface area (Å²) < 4.78 is 11.1. The molecule has 8 nitrogen and oxygen atoms in total. The lowest BCUT2D eigenvalue weighted by atomic mass is 10.0. The number of carboxylic acids is 1. The van der Waals surface area contributed by atoms with Crippen LogP contribution in [-0.4, -0.2) is 40.4 Å². The van der Waals surface area contributed by atoms with Crippen LogP contribution in [0.1, 0.15) is 21.7 Å². The van der Waals surface area contributed by atoms with E-state index in [1.54, 1.807) is 54.6 Å². The molecule has 0 radical (unpaired) electrons. The fraction of sp³-hybridized carbons (Fsp3) is 0.125. The van der Waals surface area contributed by atoms with E-state index in [-0.39, 0.29) is 24.5 Å². The van der Waals surface area contributed by atoms with Crippen LogP contribution in [0.15, 0.2) is 101 Å². The van der Waals surface area contributed by atoms with Crippen LogP contribution in [0.3, 0.4) is 0 Å². The zero-order valence-electron chi connectivity index (χ0n) is 22.0. The maximum absolute atomic E-state index is 13.3. The number of hydrogen-bond acceptors (Lipinski definition) is 7. The maximum Gasteiger partial charge on any atom is 0.393 e. The highest BCUT2D eigenvalue weighted by Gasteiger charge is 2.31. The van der Waals surface area contributed by atoms with Crippen LogP contribution < -0.4 is 4.74 Å². The number of furan rings is 1. The number of nitrogens with zero attached hydrogens (tertiary/aromatic N) is 1. The highest BCUT2D eigenvalue weighted by atomic mass is 35.5. The molecule has 4 aromatic carbocycles. The van der Waals surface area contributed by atoms with Crippen molar-refractivity contribution in [2.45, 2.75) is 19.0 Å². The molecule has 1 atom stereocenters. The van der Waals surface area contributed by atoms with Gasteiger partial charge in [-0.15, -0.1) is 5.06 Å². The van der Waals surface area contributed by atoms with Crippen molar-refractivity contribution in [1.29, 1.82) is 0 Å². The number of methoxy groups -OCH3 is 1. The minimum Gasteiger partial charge on any atom is -0.508 e. The van der Waals surface area contributed by atoms with Crippen LogP contribution in [0.4, 0.5) is 0 Å². The summed E-state index contributed by atoms with van der Waals surface area (Å²) in [5, 5.41) is 22.2. The number of phenolic OH excluding ortho intramolecular Hbond substituents is 1. The molecule has 9 heteroatoms. The molecule has 5 rings (SSSR count). The Bertz CT molecular complexity index is 1680. The first-order valence-corrected chi connectivity index (χ1v) is 13.1. The van der Waals surface area contributed by atoms with Gasteiger partial charge in [0.2, 0.25) is 5.76 Å². The quantitative estimate of drug-likeness (QED) is 0.177. The van der Waals surface area contributed by atoms with E-state index in [4.69, 9.17) is 25.6 Å². The van der Waals surface area contributed by atoms with Gasteiger partial charge in [0.05, 0.1) is 13.7 Å². The van der Waals surface area contributed by atoms with E-state index in [9.17, 15) is 19.8 Å². The van der Waals surface area contributed by atoms with Gasteiger partial charge in [-0.2, -0.15) is 0 Å². The van der Waals surface area contributed by atoms with Gasteiger partial charge in [-0.1, -0.05) is 60.1 Å². The SMILES string of the molecule is COc1cccc(CN(OC(=O)c2cc3ccc(-c4ccc(Cl)cc4)cc3o2)[C@@H](Cc2ccc(O)cc2)C(=O)O)c1. The molecule has 0 bridgehead atoms. The second kappa shape index (κ2) is 12.2. The second-order valence-corrected chi connectivity index (χ2v) is 9.84. The highest BCUT2D eigenvalue weighted by molar-refractivity contribution is 6.30. The van der Waals surface area contributed by atoms with Gasteiger partial charge in [-0.05, 0) is 70.8 Å².